The largest absolute Gasteiger partial charge is 0.397 e. The van der Waals surface area contributed by atoms with E-state index in [0.29, 0.717) is 5.69 Å². The topological polar surface area (TPSA) is 68.0 Å². The van der Waals surface area contributed by atoms with E-state index in [1.807, 2.05) is 0 Å². The maximum atomic E-state index is 11.9. The van der Waals surface area contributed by atoms with E-state index in [9.17, 15) is 4.79 Å². The van der Waals surface area contributed by atoms with Gasteiger partial charge in [0.2, 0.25) is 5.91 Å². The molecule has 0 atom stereocenters. The highest BCUT2D eigenvalue weighted by atomic mass is 16.2. The first-order valence-corrected chi connectivity index (χ1v) is 5.14. The summed E-state index contributed by atoms with van der Waals surface area (Å²) in [4.78, 5) is 16.1. The van der Waals surface area contributed by atoms with E-state index in [2.05, 4.69) is 10.3 Å². The van der Waals surface area contributed by atoms with Crippen molar-refractivity contribution in [3.63, 3.8) is 0 Å². The van der Waals surface area contributed by atoms with E-state index in [4.69, 9.17) is 5.73 Å². The minimum Gasteiger partial charge on any atom is -0.397 e. The first-order chi connectivity index (χ1) is 7.20. The number of carbonyl (C=O) groups is 1. The van der Waals surface area contributed by atoms with Crippen LogP contribution < -0.4 is 11.1 Å². The van der Waals surface area contributed by atoms with Gasteiger partial charge in [0.1, 0.15) is 0 Å². The second kappa shape index (κ2) is 3.53. The summed E-state index contributed by atoms with van der Waals surface area (Å²) in [6, 6.07) is 3.58. The number of amides is 1. The van der Waals surface area contributed by atoms with Crippen molar-refractivity contribution in [3.8, 4) is 0 Å². The molecule has 0 saturated heterocycles. The average Bonchev–Trinajstić information content (AvgIpc) is 2.19. The molecule has 4 nitrogen and oxygen atoms in total. The number of nitrogen functional groups attached to an aromatic ring is 1. The van der Waals surface area contributed by atoms with Gasteiger partial charge >= 0.3 is 0 Å². The van der Waals surface area contributed by atoms with Crippen LogP contribution in [-0.4, -0.2) is 17.9 Å². The third kappa shape index (κ3) is 1.37. The lowest BCUT2D eigenvalue weighted by molar-refractivity contribution is -0.129. The molecule has 0 unspecified atom stereocenters. The Labute approximate surface area is 88.9 Å². The lowest BCUT2D eigenvalue weighted by Gasteiger charge is -2.39. The number of hydrogen-bond acceptors (Lipinski definition) is 3. The Morgan fingerprint density at radius 2 is 2.33 bits per heavy atom. The van der Waals surface area contributed by atoms with E-state index in [0.717, 1.165) is 25.0 Å². The van der Waals surface area contributed by atoms with Crippen molar-refractivity contribution in [2.75, 3.05) is 12.8 Å². The summed E-state index contributed by atoms with van der Waals surface area (Å²) in [5.41, 5.74) is 6.74. The molecule has 4 heteroatoms. The molecule has 3 N–H and O–H groups in total. The fourth-order valence-corrected chi connectivity index (χ4v) is 2.16. The number of nitrogens with zero attached hydrogens (tertiary/aromatic N) is 1. The van der Waals surface area contributed by atoms with Gasteiger partial charge in [-0.15, -0.1) is 0 Å². The Kier molecular flexibility index (Phi) is 2.34. The Morgan fingerprint density at radius 3 is 2.80 bits per heavy atom. The molecule has 0 spiro atoms. The van der Waals surface area contributed by atoms with Crippen LogP contribution in [0.15, 0.2) is 18.3 Å². The van der Waals surface area contributed by atoms with Crippen LogP contribution in [-0.2, 0) is 10.2 Å². The van der Waals surface area contributed by atoms with E-state index < -0.39 is 5.41 Å². The number of nitrogens with two attached hydrogens (primary N) is 1. The SMILES string of the molecule is CNC(=O)C1(c2ncccc2N)CCC1. The molecule has 1 heterocycles. The summed E-state index contributed by atoms with van der Waals surface area (Å²) in [6.07, 6.45) is 4.43. The lowest BCUT2D eigenvalue weighted by atomic mass is 9.65. The number of pyridine rings is 1. The molecule has 1 aliphatic rings. The predicted octanol–water partition coefficient (Wildman–Crippen LogP) is 0.831. The van der Waals surface area contributed by atoms with Crippen molar-refractivity contribution in [1.29, 1.82) is 0 Å². The second-order valence-corrected chi connectivity index (χ2v) is 3.96. The quantitative estimate of drug-likeness (QED) is 0.751. The molecule has 1 aromatic heterocycles. The van der Waals surface area contributed by atoms with Gasteiger partial charge in [-0.3, -0.25) is 9.78 Å². The number of nitrogens with one attached hydrogen (secondary N) is 1. The zero-order chi connectivity index (χ0) is 10.9. The molecule has 1 fully saturated rings. The lowest BCUT2D eigenvalue weighted by Crippen LogP contribution is -2.49. The fourth-order valence-electron chi connectivity index (χ4n) is 2.16. The summed E-state index contributed by atoms with van der Waals surface area (Å²) in [5.74, 6) is 0.0270. The van der Waals surface area contributed by atoms with Gasteiger partial charge < -0.3 is 11.1 Å². The van der Waals surface area contributed by atoms with Crippen LogP contribution in [0.2, 0.25) is 0 Å². The molecule has 0 bridgehead atoms. The highest BCUT2D eigenvalue weighted by molar-refractivity contribution is 5.89. The molecule has 1 saturated carbocycles. The third-order valence-electron chi connectivity index (χ3n) is 3.16. The van der Waals surface area contributed by atoms with Crippen LogP contribution in [0.5, 0.6) is 0 Å². The van der Waals surface area contributed by atoms with Crippen molar-refractivity contribution < 1.29 is 4.79 Å². The molecular weight excluding hydrogens is 190 g/mol. The number of anilines is 1. The molecule has 0 radical (unpaired) electrons. The highest BCUT2D eigenvalue weighted by Crippen LogP contribution is 2.44. The van der Waals surface area contributed by atoms with E-state index in [-0.39, 0.29) is 5.91 Å². The van der Waals surface area contributed by atoms with Crippen molar-refractivity contribution in [2.45, 2.75) is 24.7 Å². The molecule has 1 aliphatic carbocycles. The van der Waals surface area contributed by atoms with Crippen LogP contribution in [0.3, 0.4) is 0 Å². The van der Waals surface area contributed by atoms with Gasteiger partial charge in [0.15, 0.2) is 0 Å². The zero-order valence-corrected chi connectivity index (χ0v) is 8.79. The Bertz CT molecular complexity index is 385. The maximum Gasteiger partial charge on any atom is 0.232 e. The molecule has 0 aromatic carbocycles. The van der Waals surface area contributed by atoms with Gasteiger partial charge in [-0.2, -0.15) is 0 Å². The molecule has 2 rings (SSSR count). The van der Waals surface area contributed by atoms with E-state index in [1.165, 1.54) is 0 Å². The predicted molar refractivity (Wildman–Crippen MR) is 58.2 cm³/mol. The van der Waals surface area contributed by atoms with Gasteiger partial charge in [-0.05, 0) is 25.0 Å². The van der Waals surface area contributed by atoms with Gasteiger partial charge in [0.25, 0.3) is 0 Å². The molecular formula is C11H15N3O. The van der Waals surface area contributed by atoms with Crippen molar-refractivity contribution in [2.24, 2.45) is 0 Å². The van der Waals surface area contributed by atoms with Crippen molar-refractivity contribution in [1.82, 2.24) is 10.3 Å². The number of rotatable bonds is 2. The third-order valence-corrected chi connectivity index (χ3v) is 3.16. The van der Waals surface area contributed by atoms with Gasteiger partial charge in [-0.25, -0.2) is 0 Å². The number of aromatic nitrogens is 1. The first-order valence-electron chi connectivity index (χ1n) is 5.14. The summed E-state index contributed by atoms with van der Waals surface area (Å²) in [6.45, 7) is 0. The summed E-state index contributed by atoms with van der Waals surface area (Å²) < 4.78 is 0. The Balaban J connectivity index is 2.43. The van der Waals surface area contributed by atoms with Crippen LogP contribution >= 0.6 is 0 Å². The number of carbonyl (C=O) groups excluding carboxylic acids is 1. The zero-order valence-electron chi connectivity index (χ0n) is 8.79. The maximum absolute atomic E-state index is 11.9. The van der Waals surface area contributed by atoms with Gasteiger partial charge in [-0.1, -0.05) is 6.42 Å². The van der Waals surface area contributed by atoms with Crippen LogP contribution in [0.1, 0.15) is 25.0 Å². The van der Waals surface area contributed by atoms with Crippen molar-refractivity contribution in [3.05, 3.63) is 24.0 Å². The van der Waals surface area contributed by atoms with Crippen molar-refractivity contribution >= 4 is 11.6 Å². The minimum atomic E-state index is -0.472. The molecule has 80 valence electrons. The highest BCUT2D eigenvalue weighted by Gasteiger charge is 2.47. The average molecular weight is 205 g/mol. The summed E-state index contributed by atoms with van der Waals surface area (Å²) >= 11 is 0. The Morgan fingerprint density at radius 1 is 1.60 bits per heavy atom. The normalized spacial score (nSPS) is 17.9. The van der Waals surface area contributed by atoms with Gasteiger partial charge in [0.05, 0.1) is 16.8 Å². The van der Waals surface area contributed by atoms with Crippen LogP contribution in [0.25, 0.3) is 0 Å². The molecule has 0 aliphatic heterocycles. The summed E-state index contributed by atoms with van der Waals surface area (Å²) in [7, 11) is 1.65. The monoisotopic (exact) mass is 205 g/mol. The first kappa shape index (κ1) is 9.96. The second-order valence-electron chi connectivity index (χ2n) is 3.96. The van der Waals surface area contributed by atoms with E-state index >= 15 is 0 Å². The standard InChI is InChI=1S/C11H15N3O/c1-13-10(15)11(5-3-6-11)9-8(12)4-2-7-14-9/h2,4,7H,3,5-6,12H2,1H3,(H,13,15). The van der Waals surface area contributed by atoms with Crippen LogP contribution in [0.4, 0.5) is 5.69 Å². The molecule has 1 aromatic rings. The molecule has 1 amide bonds. The van der Waals surface area contributed by atoms with Gasteiger partial charge in [0, 0.05) is 13.2 Å². The minimum absolute atomic E-state index is 0.0270. The molecule has 15 heavy (non-hydrogen) atoms. The Hall–Kier alpha value is -1.58. The summed E-state index contributed by atoms with van der Waals surface area (Å²) in [5, 5.41) is 2.70. The fraction of sp³-hybridized carbons (Fsp3) is 0.455. The smallest absolute Gasteiger partial charge is 0.232 e. The number of likely N-dealkylation sites (N-methyl/N-ethyl adjacent to an activating group) is 1. The van der Waals surface area contributed by atoms with E-state index in [1.54, 1.807) is 25.4 Å². The van der Waals surface area contributed by atoms with Crippen LogP contribution in [0, 0.1) is 0 Å². The number of hydrogen-bond donors (Lipinski definition) is 2.